The van der Waals surface area contributed by atoms with Crippen LogP contribution in [0.4, 0.5) is 0 Å². The minimum atomic E-state index is -3.82. The van der Waals surface area contributed by atoms with E-state index in [0.717, 1.165) is 16.7 Å². The van der Waals surface area contributed by atoms with Crippen molar-refractivity contribution in [1.29, 1.82) is 0 Å². The fourth-order valence-electron chi connectivity index (χ4n) is 2.91. The van der Waals surface area contributed by atoms with Gasteiger partial charge in [-0.15, -0.1) is 0 Å². The number of aryl methyl sites for hydroxylation is 1. The van der Waals surface area contributed by atoms with Gasteiger partial charge in [0.2, 0.25) is 10.0 Å². The minimum absolute atomic E-state index is 0.0486. The summed E-state index contributed by atoms with van der Waals surface area (Å²) in [4.78, 5) is 11.1. The summed E-state index contributed by atoms with van der Waals surface area (Å²) in [6, 6.07) is 22.4. The average molecular weight is 395 g/mol. The van der Waals surface area contributed by atoms with Crippen LogP contribution in [0.1, 0.15) is 27.0 Å². The Kier molecular flexibility index (Phi) is 5.92. The number of aromatic carboxylic acids is 1. The van der Waals surface area contributed by atoms with E-state index in [2.05, 4.69) is 0 Å². The smallest absolute Gasteiger partial charge is 0.335 e. The Labute approximate surface area is 164 Å². The number of hydrogen-bond donors (Lipinski definition) is 1. The van der Waals surface area contributed by atoms with Gasteiger partial charge in [-0.1, -0.05) is 54.6 Å². The molecule has 0 aliphatic carbocycles. The van der Waals surface area contributed by atoms with Crippen LogP contribution in [0, 0.1) is 6.92 Å². The lowest BCUT2D eigenvalue weighted by Gasteiger charge is -2.23. The number of nitrogens with zero attached hydrogens (tertiary/aromatic N) is 1. The van der Waals surface area contributed by atoms with Crippen LogP contribution in [-0.2, 0) is 23.1 Å². The Bertz CT molecular complexity index is 1060. The van der Waals surface area contributed by atoms with E-state index in [-0.39, 0.29) is 23.5 Å². The van der Waals surface area contributed by atoms with Crippen LogP contribution >= 0.6 is 0 Å². The van der Waals surface area contributed by atoms with E-state index in [0.29, 0.717) is 0 Å². The van der Waals surface area contributed by atoms with Gasteiger partial charge < -0.3 is 5.11 Å². The molecule has 28 heavy (non-hydrogen) atoms. The first-order valence-corrected chi connectivity index (χ1v) is 10.2. The zero-order valence-electron chi connectivity index (χ0n) is 15.4. The molecular weight excluding hydrogens is 374 g/mol. The summed E-state index contributed by atoms with van der Waals surface area (Å²) in [6.07, 6.45) is 0. The average Bonchev–Trinajstić information content (AvgIpc) is 2.70. The molecule has 5 nitrogen and oxygen atoms in total. The molecule has 0 saturated carbocycles. The summed E-state index contributed by atoms with van der Waals surface area (Å²) in [5.74, 6) is -1.09. The largest absolute Gasteiger partial charge is 0.478 e. The Morgan fingerprint density at radius 3 is 2.07 bits per heavy atom. The van der Waals surface area contributed by atoms with Crippen LogP contribution in [0.5, 0.6) is 0 Å². The molecule has 0 radical (unpaired) electrons. The summed E-state index contributed by atoms with van der Waals surface area (Å²) in [6.45, 7) is 2.40. The number of hydrogen-bond acceptors (Lipinski definition) is 3. The van der Waals surface area contributed by atoms with E-state index >= 15 is 0 Å². The molecule has 0 aromatic heterocycles. The van der Waals surface area contributed by atoms with Gasteiger partial charge in [-0.05, 0) is 47.9 Å². The molecule has 0 bridgehead atoms. The molecule has 0 atom stereocenters. The highest BCUT2D eigenvalue weighted by atomic mass is 32.2. The van der Waals surface area contributed by atoms with Gasteiger partial charge in [-0.25, -0.2) is 13.2 Å². The van der Waals surface area contributed by atoms with Crippen LogP contribution in [0.2, 0.25) is 0 Å². The zero-order valence-corrected chi connectivity index (χ0v) is 16.3. The Morgan fingerprint density at radius 1 is 0.857 bits per heavy atom. The number of rotatable bonds is 7. The highest BCUT2D eigenvalue weighted by Crippen LogP contribution is 2.23. The second kappa shape index (κ2) is 8.37. The maximum absolute atomic E-state index is 13.3. The second-order valence-electron chi connectivity index (χ2n) is 6.51. The van der Waals surface area contributed by atoms with Crippen LogP contribution in [0.3, 0.4) is 0 Å². The monoisotopic (exact) mass is 395 g/mol. The molecule has 144 valence electrons. The third-order valence-electron chi connectivity index (χ3n) is 4.55. The summed E-state index contributed by atoms with van der Waals surface area (Å²) < 4.78 is 28.0. The standard InChI is InChI=1S/C22H21NO4S/c1-17-7-5-6-10-20(17)16-23(15-18-8-3-2-4-9-18)28(26,27)21-13-11-19(12-14-21)22(24)25/h2-14H,15-16H2,1H3,(H,24,25). The molecule has 0 heterocycles. The highest BCUT2D eigenvalue weighted by molar-refractivity contribution is 7.89. The van der Waals surface area contributed by atoms with Crippen molar-refractivity contribution in [2.24, 2.45) is 0 Å². The first-order chi connectivity index (χ1) is 13.4. The predicted octanol–water partition coefficient (Wildman–Crippen LogP) is 4.08. The van der Waals surface area contributed by atoms with E-state index in [1.54, 1.807) is 0 Å². The number of benzene rings is 3. The molecule has 3 aromatic rings. The molecule has 1 N–H and O–H groups in total. The van der Waals surface area contributed by atoms with Crippen LogP contribution in [0.15, 0.2) is 83.8 Å². The van der Waals surface area contributed by atoms with Gasteiger partial charge in [0.05, 0.1) is 10.5 Å². The second-order valence-corrected chi connectivity index (χ2v) is 8.45. The van der Waals surface area contributed by atoms with Gasteiger partial charge in [-0.3, -0.25) is 0 Å². The predicted molar refractivity (Wildman–Crippen MR) is 107 cm³/mol. The van der Waals surface area contributed by atoms with Crippen LogP contribution in [-0.4, -0.2) is 23.8 Å². The van der Waals surface area contributed by atoms with E-state index in [4.69, 9.17) is 5.11 Å². The van der Waals surface area contributed by atoms with Gasteiger partial charge in [-0.2, -0.15) is 4.31 Å². The molecule has 0 fully saturated rings. The van der Waals surface area contributed by atoms with Gasteiger partial charge >= 0.3 is 5.97 Å². The molecule has 0 aliphatic rings. The number of sulfonamides is 1. The SMILES string of the molecule is Cc1ccccc1CN(Cc1ccccc1)S(=O)(=O)c1ccc(C(=O)O)cc1. The lowest BCUT2D eigenvalue weighted by molar-refractivity contribution is 0.0696. The van der Waals surface area contributed by atoms with Gasteiger partial charge in [0, 0.05) is 13.1 Å². The molecular formula is C22H21NO4S. The first kappa shape index (κ1) is 19.8. The van der Waals surface area contributed by atoms with E-state index < -0.39 is 16.0 Å². The Hall–Kier alpha value is -2.96. The van der Waals surface area contributed by atoms with E-state index in [1.807, 2.05) is 61.5 Å². The lowest BCUT2D eigenvalue weighted by Crippen LogP contribution is -2.30. The van der Waals surface area contributed by atoms with Crippen molar-refractivity contribution in [1.82, 2.24) is 4.31 Å². The molecule has 3 aromatic carbocycles. The number of carbonyl (C=O) groups is 1. The molecule has 6 heteroatoms. The van der Waals surface area contributed by atoms with Crippen molar-refractivity contribution in [2.75, 3.05) is 0 Å². The molecule has 3 rings (SSSR count). The zero-order chi connectivity index (χ0) is 20.1. The Balaban J connectivity index is 1.98. The van der Waals surface area contributed by atoms with Crippen molar-refractivity contribution in [3.8, 4) is 0 Å². The number of carboxylic acids is 1. The van der Waals surface area contributed by atoms with Crippen LogP contribution in [0.25, 0.3) is 0 Å². The van der Waals surface area contributed by atoms with Crippen molar-refractivity contribution in [3.05, 3.63) is 101 Å². The van der Waals surface area contributed by atoms with Crippen LogP contribution < -0.4 is 0 Å². The third-order valence-corrected chi connectivity index (χ3v) is 6.35. The van der Waals surface area contributed by atoms with Crippen molar-refractivity contribution in [3.63, 3.8) is 0 Å². The summed E-state index contributed by atoms with van der Waals surface area (Å²) >= 11 is 0. The molecule has 0 amide bonds. The van der Waals surface area contributed by atoms with E-state index in [1.165, 1.54) is 28.6 Å². The quantitative estimate of drug-likeness (QED) is 0.654. The van der Waals surface area contributed by atoms with Crippen molar-refractivity contribution < 1.29 is 18.3 Å². The Morgan fingerprint density at radius 2 is 1.46 bits per heavy atom. The fourth-order valence-corrected chi connectivity index (χ4v) is 4.32. The van der Waals surface area contributed by atoms with E-state index in [9.17, 15) is 13.2 Å². The van der Waals surface area contributed by atoms with Crippen molar-refractivity contribution >= 4 is 16.0 Å². The molecule has 0 spiro atoms. The van der Waals surface area contributed by atoms with Gasteiger partial charge in [0.1, 0.15) is 0 Å². The summed E-state index contributed by atoms with van der Waals surface area (Å²) in [5.41, 5.74) is 2.86. The fraction of sp³-hybridized carbons (Fsp3) is 0.136. The topological polar surface area (TPSA) is 74.7 Å². The van der Waals surface area contributed by atoms with Gasteiger partial charge in [0.25, 0.3) is 0 Å². The highest BCUT2D eigenvalue weighted by Gasteiger charge is 2.25. The number of carboxylic acid groups (broad SMARTS) is 1. The van der Waals surface area contributed by atoms with Gasteiger partial charge in [0.15, 0.2) is 0 Å². The maximum Gasteiger partial charge on any atom is 0.335 e. The molecule has 0 aliphatic heterocycles. The molecule has 0 saturated heterocycles. The lowest BCUT2D eigenvalue weighted by atomic mass is 10.1. The maximum atomic E-state index is 13.3. The minimum Gasteiger partial charge on any atom is -0.478 e. The third kappa shape index (κ3) is 4.47. The van der Waals surface area contributed by atoms with Crippen molar-refractivity contribution in [2.45, 2.75) is 24.9 Å². The molecule has 0 unspecified atom stereocenters. The first-order valence-electron chi connectivity index (χ1n) is 8.80. The summed E-state index contributed by atoms with van der Waals surface area (Å²) in [7, 11) is -3.82. The normalized spacial score (nSPS) is 11.5. The summed E-state index contributed by atoms with van der Waals surface area (Å²) in [5, 5.41) is 9.05.